The Morgan fingerprint density at radius 1 is 0.889 bits per heavy atom. The van der Waals surface area contributed by atoms with Crippen molar-refractivity contribution in [3.8, 4) is 0 Å². The van der Waals surface area contributed by atoms with Crippen molar-refractivity contribution in [2.24, 2.45) is 0 Å². The molecule has 1 nitrogen and oxygen atoms in total. The maximum Gasteiger partial charge on any atom is 0.0587 e. The predicted octanol–water partition coefficient (Wildman–Crippen LogP) is 5.67. The van der Waals surface area contributed by atoms with Gasteiger partial charge in [0.25, 0.3) is 0 Å². The van der Waals surface area contributed by atoms with Gasteiger partial charge in [-0.25, -0.2) is 0 Å². The summed E-state index contributed by atoms with van der Waals surface area (Å²) in [6.07, 6.45) is 0. The van der Waals surface area contributed by atoms with E-state index in [9.17, 15) is 0 Å². The number of fused-ring (bicyclic) bond motifs is 2. The largest absolute Gasteiger partial charge is 0.327 e. The summed E-state index contributed by atoms with van der Waals surface area (Å²) in [5.41, 5.74) is 2.51. The van der Waals surface area contributed by atoms with Crippen LogP contribution in [0.15, 0.2) is 42.5 Å². The van der Waals surface area contributed by atoms with Crippen LogP contribution in [0.25, 0.3) is 21.5 Å². The van der Waals surface area contributed by atoms with E-state index in [-0.39, 0.29) is 0 Å². The first-order valence-electron chi connectivity index (χ1n) is 5.69. The van der Waals surface area contributed by atoms with Crippen LogP contribution in [0, 0.1) is 10.5 Å². The third-order valence-electron chi connectivity index (χ3n) is 3.21. The van der Waals surface area contributed by atoms with E-state index in [1.54, 1.807) is 0 Å². The van der Waals surface area contributed by atoms with Crippen molar-refractivity contribution in [1.29, 1.82) is 0 Å². The third kappa shape index (κ3) is 1.87. The summed E-state index contributed by atoms with van der Waals surface area (Å²) < 4.78 is 4.66. The fourth-order valence-corrected chi connectivity index (χ4v) is 3.84. The molecule has 0 aliphatic rings. The molecule has 90 valence electrons. The zero-order chi connectivity index (χ0) is 12.7. The van der Waals surface area contributed by atoms with E-state index in [1.165, 1.54) is 36.4 Å². The zero-order valence-electron chi connectivity index (χ0n) is 9.80. The molecule has 0 radical (unpaired) electrons. The van der Waals surface area contributed by atoms with Crippen molar-refractivity contribution in [3.63, 3.8) is 0 Å². The first kappa shape index (κ1) is 12.5. The quantitative estimate of drug-likeness (QED) is 0.281. The van der Waals surface area contributed by atoms with Gasteiger partial charge in [0.15, 0.2) is 0 Å². The summed E-state index contributed by atoms with van der Waals surface area (Å²) in [5, 5.41) is 5.22. The molecule has 18 heavy (non-hydrogen) atoms. The molecule has 0 atom stereocenters. The van der Waals surface area contributed by atoms with Gasteiger partial charge in [-0.2, -0.15) is 0 Å². The summed E-state index contributed by atoms with van der Waals surface area (Å²) >= 11 is 4.67. The van der Waals surface area contributed by atoms with Crippen LogP contribution in [-0.4, -0.2) is 0 Å². The minimum atomic E-state index is 1.21. The highest BCUT2D eigenvalue weighted by Gasteiger charge is 2.11. The number of rotatable bonds is 1. The summed E-state index contributed by atoms with van der Waals surface area (Å²) in [7, 11) is 0. The van der Waals surface area contributed by atoms with E-state index >= 15 is 0 Å². The normalized spacial score (nSPS) is 11.1. The van der Waals surface area contributed by atoms with Crippen LogP contribution in [0.1, 0.15) is 5.56 Å². The van der Waals surface area contributed by atoms with E-state index in [4.69, 9.17) is 0 Å². The number of anilines is 1. The van der Waals surface area contributed by atoms with Crippen molar-refractivity contribution >= 4 is 72.7 Å². The Hall–Kier alpha value is -0.560. The van der Waals surface area contributed by atoms with E-state index < -0.39 is 0 Å². The van der Waals surface area contributed by atoms with Gasteiger partial charge in [0.05, 0.1) is 28.6 Å². The van der Waals surface area contributed by atoms with Gasteiger partial charge in [0, 0.05) is 14.3 Å². The Kier molecular flexibility index (Phi) is 3.36. The number of halogens is 2. The summed E-state index contributed by atoms with van der Waals surface area (Å²) in [6, 6.07) is 15.2. The van der Waals surface area contributed by atoms with Gasteiger partial charge in [0.2, 0.25) is 0 Å². The van der Waals surface area contributed by atoms with Gasteiger partial charge in [-0.15, -0.1) is 0 Å². The molecule has 0 heterocycles. The lowest BCUT2D eigenvalue weighted by Gasteiger charge is -2.13. The Labute approximate surface area is 134 Å². The lowest BCUT2D eigenvalue weighted by Crippen LogP contribution is -1.90. The van der Waals surface area contributed by atoms with Crippen LogP contribution in [0.4, 0.5) is 5.69 Å². The van der Waals surface area contributed by atoms with Gasteiger partial charge >= 0.3 is 0 Å². The third-order valence-corrected chi connectivity index (χ3v) is 4.91. The molecule has 3 aromatic carbocycles. The smallest absolute Gasteiger partial charge is 0.0587 e. The van der Waals surface area contributed by atoms with Crippen LogP contribution in [-0.2, 0) is 0 Å². The fourth-order valence-electron chi connectivity index (χ4n) is 2.34. The highest BCUT2D eigenvalue weighted by Crippen LogP contribution is 2.38. The number of aryl methyl sites for hydroxylation is 1. The van der Waals surface area contributed by atoms with E-state index in [0.29, 0.717) is 0 Å². The van der Waals surface area contributed by atoms with Crippen LogP contribution in [0.2, 0.25) is 0 Å². The van der Waals surface area contributed by atoms with Crippen LogP contribution in [0.3, 0.4) is 0 Å². The van der Waals surface area contributed by atoms with Crippen molar-refractivity contribution in [2.75, 3.05) is 3.53 Å². The minimum absolute atomic E-state index is 1.21. The van der Waals surface area contributed by atoms with Crippen molar-refractivity contribution in [1.82, 2.24) is 0 Å². The van der Waals surface area contributed by atoms with Crippen LogP contribution < -0.4 is 3.53 Å². The molecular formula is C15H11I2N. The monoisotopic (exact) mass is 459 g/mol. The molecular weight excluding hydrogens is 448 g/mol. The Morgan fingerprint density at radius 2 is 1.56 bits per heavy atom. The SMILES string of the molecule is Cc1ccc2c(NI)c3ccccc3c(I)c2c1. The van der Waals surface area contributed by atoms with Crippen LogP contribution in [0.5, 0.6) is 0 Å². The van der Waals surface area contributed by atoms with Gasteiger partial charge in [-0.1, -0.05) is 48.0 Å². The van der Waals surface area contributed by atoms with Crippen molar-refractivity contribution in [3.05, 3.63) is 51.6 Å². The van der Waals surface area contributed by atoms with Gasteiger partial charge in [0.1, 0.15) is 0 Å². The van der Waals surface area contributed by atoms with Crippen LogP contribution >= 0.6 is 45.5 Å². The van der Waals surface area contributed by atoms with Gasteiger partial charge in [-0.3, -0.25) is 0 Å². The fraction of sp³-hybridized carbons (Fsp3) is 0.0667. The van der Waals surface area contributed by atoms with Gasteiger partial charge < -0.3 is 3.53 Å². The topological polar surface area (TPSA) is 12.0 Å². The molecule has 0 unspecified atom stereocenters. The molecule has 0 bridgehead atoms. The number of hydrogen-bond donors (Lipinski definition) is 1. The molecule has 3 rings (SSSR count). The maximum absolute atomic E-state index is 3.33. The minimum Gasteiger partial charge on any atom is -0.327 e. The lowest BCUT2D eigenvalue weighted by molar-refractivity contribution is 1.51. The number of nitrogens with one attached hydrogen (secondary N) is 1. The molecule has 0 fully saturated rings. The molecule has 1 N–H and O–H groups in total. The first-order valence-corrected chi connectivity index (χ1v) is 7.85. The van der Waals surface area contributed by atoms with Crippen molar-refractivity contribution < 1.29 is 0 Å². The average Bonchev–Trinajstić information content (AvgIpc) is 2.40. The molecule has 0 saturated heterocycles. The molecule has 0 amide bonds. The zero-order valence-corrected chi connectivity index (χ0v) is 14.1. The number of hydrogen-bond acceptors (Lipinski definition) is 1. The highest BCUT2D eigenvalue weighted by molar-refractivity contribution is 14.1. The summed E-state index contributed by atoms with van der Waals surface area (Å²) in [5.74, 6) is 0. The second-order valence-electron chi connectivity index (χ2n) is 4.38. The van der Waals surface area contributed by atoms with E-state index in [0.717, 1.165) is 0 Å². The Morgan fingerprint density at radius 3 is 2.28 bits per heavy atom. The summed E-state index contributed by atoms with van der Waals surface area (Å²) in [4.78, 5) is 0. The van der Waals surface area contributed by atoms with Gasteiger partial charge in [-0.05, 0) is 40.3 Å². The Balaban J connectivity index is 2.61. The number of benzene rings is 3. The summed E-state index contributed by atoms with van der Waals surface area (Å²) in [6.45, 7) is 2.14. The molecule has 0 aromatic heterocycles. The molecule has 3 aromatic rings. The second-order valence-corrected chi connectivity index (χ2v) is 6.00. The molecule has 0 spiro atoms. The Bertz CT molecular complexity index is 750. The van der Waals surface area contributed by atoms with E-state index in [1.807, 2.05) is 0 Å². The van der Waals surface area contributed by atoms with Crippen molar-refractivity contribution in [2.45, 2.75) is 6.92 Å². The lowest BCUT2D eigenvalue weighted by atomic mass is 10.00. The molecule has 0 aliphatic carbocycles. The molecule has 3 heteroatoms. The predicted molar refractivity (Wildman–Crippen MR) is 96.6 cm³/mol. The first-order chi connectivity index (χ1) is 8.72. The standard InChI is InChI=1S/C15H11I2N/c1-9-6-7-12-13(8-9)14(16)10-4-2-3-5-11(10)15(12)18-17/h2-8,18H,1H3. The van der Waals surface area contributed by atoms with E-state index in [2.05, 4.69) is 98.4 Å². The average molecular weight is 459 g/mol. The molecule has 0 saturated carbocycles. The maximum atomic E-state index is 3.33. The highest BCUT2D eigenvalue weighted by atomic mass is 127. The molecule has 0 aliphatic heterocycles. The second kappa shape index (κ2) is 4.85.